The second-order valence-electron chi connectivity index (χ2n) is 8.03. The Hall–Kier alpha value is -4.32. The zero-order chi connectivity index (χ0) is 25.1. The van der Waals surface area contributed by atoms with Crippen LogP contribution >= 0.6 is 11.6 Å². The molecule has 1 amide bonds. The Bertz CT molecular complexity index is 1430. The minimum absolute atomic E-state index is 0.104. The van der Waals surface area contributed by atoms with Crippen LogP contribution in [0.15, 0.2) is 49.3 Å². The van der Waals surface area contributed by atoms with E-state index in [-0.39, 0.29) is 18.6 Å². The fourth-order valence-electron chi connectivity index (χ4n) is 3.75. The summed E-state index contributed by atoms with van der Waals surface area (Å²) in [7, 11) is 1.73. The average Bonchev–Trinajstić information content (AvgIpc) is 3.52. The number of tetrazole rings is 1. The largest absolute Gasteiger partial charge is 0.484 e. The molecule has 0 aliphatic carbocycles. The fourth-order valence-corrected chi connectivity index (χ4v) is 3.98. The number of fused-ring (bicyclic) bond motifs is 1. The van der Waals surface area contributed by atoms with Crippen molar-refractivity contribution in [3.63, 3.8) is 0 Å². The third-order valence-corrected chi connectivity index (χ3v) is 5.93. The number of likely N-dealkylation sites (tertiary alicyclic amines) is 1. The normalized spacial score (nSPS) is 15.2. The van der Waals surface area contributed by atoms with Crippen molar-refractivity contribution in [2.75, 3.05) is 18.4 Å². The molecule has 1 aliphatic heterocycles. The molecular weight excluding hydrogens is 486 g/mol. The molecule has 184 valence electrons. The summed E-state index contributed by atoms with van der Waals surface area (Å²) < 4.78 is 13.3. The molecule has 1 N–H and O–H groups in total. The molecule has 0 spiro atoms. The molecule has 0 radical (unpaired) electrons. The molecule has 36 heavy (non-hydrogen) atoms. The van der Waals surface area contributed by atoms with E-state index in [1.165, 1.54) is 17.1 Å². The van der Waals surface area contributed by atoms with Crippen LogP contribution < -0.4 is 14.8 Å². The van der Waals surface area contributed by atoms with Gasteiger partial charge >= 0.3 is 0 Å². The van der Waals surface area contributed by atoms with Crippen LogP contribution in [0.4, 0.5) is 11.5 Å². The monoisotopic (exact) mass is 507 g/mol. The second kappa shape index (κ2) is 10.1. The lowest BCUT2D eigenvalue weighted by Crippen LogP contribution is -2.29. The first-order chi connectivity index (χ1) is 17.5. The van der Waals surface area contributed by atoms with Crippen molar-refractivity contribution in [3.05, 3.63) is 60.2 Å². The lowest BCUT2D eigenvalue weighted by atomic mass is 10.3. The van der Waals surface area contributed by atoms with Gasteiger partial charge in [-0.1, -0.05) is 18.2 Å². The van der Waals surface area contributed by atoms with Gasteiger partial charge in [-0.2, -0.15) is 0 Å². The van der Waals surface area contributed by atoms with Crippen molar-refractivity contribution < 1.29 is 14.3 Å². The van der Waals surface area contributed by atoms with Crippen molar-refractivity contribution >= 4 is 40.0 Å². The number of pyridine rings is 1. The number of amides is 1. The highest BCUT2D eigenvalue weighted by Gasteiger charge is 2.26. The van der Waals surface area contributed by atoms with Crippen LogP contribution in [0.1, 0.15) is 12.2 Å². The standard InChI is InChI=1S/C23H22ClN9O3/c1-3-21(34)33-9-8-15(11-33)36-20-7-5-17-22(28-20)23(26-13-25-17)27-14-4-6-18(16(24)10-14)35-12-19-29-30-31-32(19)2/h3-7,10,13,15H,1,8-9,11-12H2,2H3,(H,25,26,27). The maximum atomic E-state index is 11.8. The maximum Gasteiger partial charge on any atom is 0.246 e. The molecule has 4 aromatic rings. The number of hydrogen-bond donors (Lipinski definition) is 1. The van der Waals surface area contributed by atoms with Gasteiger partial charge in [-0.3, -0.25) is 4.79 Å². The van der Waals surface area contributed by atoms with Gasteiger partial charge in [-0.05, 0) is 40.8 Å². The first-order valence-electron chi connectivity index (χ1n) is 11.1. The van der Waals surface area contributed by atoms with Crippen molar-refractivity contribution in [2.45, 2.75) is 19.1 Å². The number of carbonyl (C=O) groups is 1. The van der Waals surface area contributed by atoms with Gasteiger partial charge in [0, 0.05) is 31.8 Å². The second-order valence-corrected chi connectivity index (χ2v) is 8.44. The average molecular weight is 508 g/mol. The molecule has 1 fully saturated rings. The number of hydrogen-bond acceptors (Lipinski definition) is 10. The van der Waals surface area contributed by atoms with E-state index in [4.69, 9.17) is 21.1 Å². The van der Waals surface area contributed by atoms with Gasteiger partial charge in [0.1, 0.15) is 30.3 Å². The lowest BCUT2D eigenvalue weighted by Gasteiger charge is -2.15. The van der Waals surface area contributed by atoms with Crippen LogP contribution in [-0.4, -0.2) is 65.2 Å². The number of carbonyl (C=O) groups excluding carboxylic acids is 1. The maximum absolute atomic E-state index is 11.8. The number of nitrogens with zero attached hydrogens (tertiary/aromatic N) is 8. The van der Waals surface area contributed by atoms with E-state index in [1.807, 2.05) is 12.1 Å². The van der Waals surface area contributed by atoms with E-state index >= 15 is 0 Å². The SMILES string of the molecule is C=CC(=O)N1CCC(Oc2ccc3ncnc(Nc4ccc(OCc5nnnn5C)c(Cl)c4)c3n2)C1. The number of benzene rings is 1. The summed E-state index contributed by atoms with van der Waals surface area (Å²) in [6.07, 6.45) is 3.34. The Morgan fingerprint density at radius 1 is 1.31 bits per heavy atom. The smallest absolute Gasteiger partial charge is 0.246 e. The van der Waals surface area contributed by atoms with Gasteiger partial charge in [0.05, 0.1) is 17.1 Å². The highest BCUT2D eigenvalue weighted by Crippen LogP contribution is 2.31. The first-order valence-corrected chi connectivity index (χ1v) is 11.5. The van der Waals surface area contributed by atoms with Crippen molar-refractivity contribution in [1.29, 1.82) is 0 Å². The Balaban J connectivity index is 1.30. The summed E-state index contributed by atoms with van der Waals surface area (Å²) in [5, 5.41) is 14.9. The summed E-state index contributed by atoms with van der Waals surface area (Å²) in [4.78, 5) is 26.8. The van der Waals surface area contributed by atoms with E-state index < -0.39 is 0 Å². The van der Waals surface area contributed by atoms with Gasteiger partial charge in [0.25, 0.3) is 0 Å². The molecule has 0 bridgehead atoms. The molecule has 12 nitrogen and oxygen atoms in total. The predicted octanol–water partition coefficient (Wildman–Crippen LogP) is 2.69. The van der Waals surface area contributed by atoms with Gasteiger partial charge in [-0.25, -0.2) is 19.6 Å². The van der Waals surface area contributed by atoms with Gasteiger partial charge in [0.2, 0.25) is 11.8 Å². The third-order valence-electron chi connectivity index (χ3n) is 5.63. The van der Waals surface area contributed by atoms with Gasteiger partial charge in [0.15, 0.2) is 11.6 Å². The van der Waals surface area contributed by atoms with E-state index in [0.29, 0.717) is 58.1 Å². The molecule has 4 heterocycles. The zero-order valence-electron chi connectivity index (χ0n) is 19.3. The number of anilines is 2. The molecule has 1 unspecified atom stereocenters. The number of aromatic nitrogens is 7. The third kappa shape index (κ3) is 5.03. The molecule has 1 aromatic carbocycles. The first kappa shape index (κ1) is 23.4. The Kier molecular flexibility index (Phi) is 6.58. The molecule has 1 atom stereocenters. The summed E-state index contributed by atoms with van der Waals surface area (Å²) >= 11 is 6.43. The Morgan fingerprint density at radius 3 is 2.97 bits per heavy atom. The summed E-state index contributed by atoms with van der Waals surface area (Å²) in [6.45, 7) is 4.82. The van der Waals surface area contributed by atoms with E-state index in [9.17, 15) is 4.79 Å². The molecule has 0 saturated carbocycles. The quantitative estimate of drug-likeness (QED) is 0.355. The Labute approximate surface area is 210 Å². The lowest BCUT2D eigenvalue weighted by molar-refractivity contribution is -0.125. The van der Waals surface area contributed by atoms with Crippen LogP contribution in [0.25, 0.3) is 11.0 Å². The molecule has 13 heteroatoms. The molecular formula is C23H22ClN9O3. The predicted molar refractivity (Wildman–Crippen MR) is 131 cm³/mol. The molecule has 5 rings (SSSR count). The number of halogens is 1. The van der Waals surface area contributed by atoms with Gasteiger partial charge < -0.3 is 19.7 Å². The van der Waals surface area contributed by atoms with E-state index in [0.717, 1.165) is 6.42 Å². The molecule has 1 saturated heterocycles. The summed E-state index contributed by atoms with van der Waals surface area (Å²) in [6, 6.07) is 8.86. The topological polar surface area (TPSA) is 133 Å². The van der Waals surface area contributed by atoms with E-state index in [1.54, 1.807) is 30.1 Å². The number of rotatable bonds is 8. The number of ether oxygens (including phenoxy) is 2. The highest BCUT2D eigenvalue weighted by atomic mass is 35.5. The Morgan fingerprint density at radius 2 is 2.19 bits per heavy atom. The minimum atomic E-state index is -0.149. The van der Waals surface area contributed by atoms with Crippen LogP contribution in [0.3, 0.4) is 0 Å². The zero-order valence-corrected chi connectivity index (χ0v) is 20.1. The van der Waals surface area contributed by atoms with Crippen LogP contribution in [0.5, 0.6) is 11.6 Å². The summed E-state index contributed by atoms with van der Waals surface area (Å²) in [5.41, 5.74) is 1.88. The van der Waals surface area contributed by atoms with Crippen molar-refractivity contribution in [2.24, 2.45) is 7.05 Å². The van der Waals surface area contributed by atoms with Crippen LogP contribution in [0, 0.1) is 0 Å². The van der Waals surface area contributed by atoms with Gasteiger partial charge in [-0.15, -0.1) is 5.10 Å². The van der Waals surface area contributed by atoms with E-state index in [2.05, 4.69) is 42.4 Å². The molecule has 1 aliphatic rings. The number of nitrogens with one attached hydrogen (secondary N) is 1. The van der Waals surface area contributed by atoms with Crippen LogP contribution in [-0.2, 0) is 18.4 Å². The number of aryl methyl sites for hydroxylation is 1. The van der Waals surface area contributed by atoms with Crippen LogP contribution in [0.2, 0.25) is 5.02 Å². The summed E-state index contributed by atoms with van der Waals surface area (Å²) in [5.74, 6) is 1.89. The van der Waals surface area contributed by atoms with Crippen molar-refractivity contribution in [3.8, 4) is 11.6 Å². The fraction of sp³-hybridized carbons (Fsp3) is 0.261. The van der Waals surface area contributed by atoms with Crippen molar-refractivity contribution in [1.82, 2.24) is 40.1 Å². The molecule has 3 aromatic heterocycles. The minimum Gasteiger partial charge on any atom is -0.484 e. The highest BCUT2D eigenvalue weighted by molar-refractivity contribution is 6.32.